The van der Waals surface area contributed by atoms with Crippen LogP contribution in [0.4, 0.5) is 0 Å². The van der Waals surface area contributed by atoms with Gasteiger partial charge in [0, 0.05) is 6.54 Å². The van der Waals surface area contributed by atoms with Gasteiger partial charge in [0.15, 0.2) is 11.5 Å². The molecule has 1 aliphatic heterocycles. The first-order chi connectivity index (χ1) is 13.8. The molecule has 0 aromatic heterocycles. The van der Waals surface area contributed by atoms with Crippen LogP contribution in [0.15, 0.2) is 66.7 Å². The Balaban J connectivity index is 1.65. The first-order valence-electron chi connectivity index (χ1n) is 9.53. The monoisotopic (exact) mass is 375 g/mol. The van der Waals surface area contributed by atoms with Crippen LogP contribution in [0.3, 0.4) is 0 Å². The van der Waals surface area contributed by atoms with Gasteiger partial charge in [-0.1, -0.05) is 42.5 Å². The number of rotatable bonds is 6. The Kier molecular flexibility index (Phi) is 5.49. The summed E-state index contributed by atoms with van der Waals surface area (Å²) in [5.74, 6) is 2.42. The molecule has 0 radical (unpaired) electrons. The Hall–Kier alpha value is -2.98. The predicted molar refractivity (Wildman–Crippen MR) is 110 cm³/mol. The molecule has 1 heterocycles. The molecule has 0 saturated heterocycles. The van der Waals surface area contributed by atoms with Crippen molar-refractivity contribution in [2.75, 3.05) is 20.8 Å². The van der Waals surface area contributed by atoms with E-state index in [2.05, 4.69) is 41.7 Å². The largest absolute Gasteiger partial charge is 0.497 e. The molecule has 4 rings (SSSR count). The summed E-state index contributed by atoms with van der Waals surface area (Å²) in [5, 5.41) is 3.63. The lowest BCUT2D eigenvalue weighted by atomic mass is 9.89. The molecule has 0 amide bonds. The third kappa shape index (κ3) is 3.82. The van der Waals surface area contributed by atoms with E-state index in [1.807, 2.05) is 30.3 Å². The highest BCUT2D eigenvalue weighted by Gasteiger charge is 2.24. The van der Waals surface area contributed by atoms with Crippen molar-refractivity contribution in [1.82, 2.24) is 5.32 Å². The fraction of sp³-hybridized carbons (Fsp3) is 0.250. The summed E-state index contributed by atoms with van der Waals surface area (Å²) in [7, 11) is 3.38. The second-order valence-corrected chi connectivity index (χ2v) is 6.89. The summed E-state index contributed by atoms with van der Waals surface area (Å²) in [5.41, 5.74) is 4.87. The quantitative estimate of drug-likeness (QED) is 0.688. The molecule has 1 aliphatic rings. The molecule has 0 spiro atoms. The maximum Gasteiger partial charge on any atom is 0.162 e. The van der Waals surface area contributed by atoms with Crippen LogP contribution in [0.5, 0.6) is 17.2 Å². The Morgan fingerprint density at radius 2 is 1.68 bits per heavy atom. The highest BCUT2D eigenvalue weighted by atomic mass is 16.5. The van der Waals surface area contributed by atoms with Crippen LogP contribution in [0.2, 0.25) is 0 Å². The molecule has 0 bridgehead atoms. The van der Waals surface area contributed by atoms with Crippen LogP contribution >= 0.6 is 0 Å². The van der Waals surface area contributed by atoms with Crippen molar-refractivity contribution in [3.05, 3.63) is 89.0 Å². The van der Waals surface area contributed by atoms with Gasteiger partial charge in [-0.05, 0) is 52.9 Å². The minimum Gasteiger partial charge on any atom is -0.497 e. The van der Waals surface area contributed by atoms with E-state index in [1.54, 1.807) is 14.2 Å². The third-order valence-corrected chi connectivity index (χ3v) is 5.17. The van der Waals surface area contributed by atoms with E-state index in [0.29, 0.717) is 6.61 Å². The average molecular weight is 375 g/mol. The molecule has 3 aromatic rings. The minimum absolute atomic E-state index is 0.125. The van der Waals surface area contributed by atoms with Crippen molar-refractivity contribution in [3.8, 4) is 17.2 Å². The molecule has 1 unspecified atom stereocenters. The lowest BCUT2D eigenvalue weighted by molar-refractivity contribution is 0.283. The summed E-state index contributed by atoms with van der Waals surface area (Å²) in [6, 6.07) is 22.8. The molecule has 144 valence electrons. The van der Waals surface area contributed by atoms with E-state index in [9.17, 15) is 0 Å². The average Bonchev–Trinajstić information content (AvgIpc) is 2.77. The third-order valence-electron chi connectivity index (χ3n) is 5.17. The number of ether oxygens (including phenoxy) is 3. The molecule has 4 nitrogen and oxygen atoms in total. The van der Waals surface area contributed by atoms with Crippen LogP contribution in [0, 0.1) is 0 Å². The fourth-order valence-corrected chi connectivity index (χ4v) is 3.67. The maximum absolute atomic E-state index is 6.13. The Morgan fingerprint density at radius 1 is 0.893 bits per heavy atom. The van der Waals surface area contributed by atoms with Gasteiger partial charge in [-0.15, -0.1) is 0 Å². The van der Waals surface area contributed by atoms with Crippen molar-refractivity contribution in [2.45, 2.75) is 19.1 Å². The van der Waals surface area contributed by atoms with E-state index in [4.69, 9.17) is 14.2 Å². The van der Waals surface area contributed by atoms with Gasteiger partial charge in [0.25, 0.3) is 0 Å². The highest BCUT2D eigenvalue weighted by molar-refractivity contribution is 5.52. The van der Waals surface area contributed by atoms with E-state index in [-0.39, 0.29) is 6.04 Å². The Bertz CT molecular complexity index is 923. The van der Waals surface area contributed by atoms with Crippen molar-refractivity contribution in [2.24, 2.45) is 0 Å². The smallest absolute Gasteiger partial charge is 0.162 e. The fourth-order valence-electron chi connectivity index (χ4n) is 3.67. The second kappa shape index (κ2) is 8.36. The molecular formula is C24H25NO3. The lowest BCUT2D eigenvalue weighted by Gasteiger charge is -2.29. The molecular weight excluding hydrogens is 350 g/mol. The van der Waals surface area contributed by atoms with Crippen LogP contribution in [-0.2, 0) is 13.0 Å². The van der Waals surface area contributed by atoms with Crippen molar-refractivity contribution < 1.29 is 14.2 Å². The zero-order valence-corrected chi connectivity index (χ0v) is 16.3. The minimum atomic E-state index is 0.125. The summed E-state index contributed by atoms with van der Waals surface area (Å²) in [6.07, 6.45) is 0.970. The summed E-state index contributed by atoms with van der Waals surface area (Å²) in [6.45, 7) is 1.44. The normalized spacial score (nSPS) is 15.6. The maximum atomic E-state index is 6.13. The van der Waals surface area contributed by atoms with Gasteiger partial charge < -0.3 is 19.5 Å². The molecule has 1 N–H and O–H groups in total. The molecule has 0 aliphatic carbocycles. The number of benzene rings is 3. The molecule has 28 heavy (non-hydrogen) atoms. The van der Waals surface area contributed by atoms with Gasteiger partial charge in [0.05, 0.1) is 20.3 Å². The van der Waals surface area contributed by atoms with E-state index >= 15 is 0 Å². The van der Waals surface area contributed by atoms with Gasteiger partial charge in [-0.25, -0.2) is 0 Å². The SMILES string of the molecule is COc1ccc(C2NCCc3cc(OC)c(OCc4ccccc4)cc32)cc1. The number of hydrogen-bond donors (Lipinski definition) is 1. The van der Waals surface area contributed by atoms with Gasteiger partial charge in [0.2, 0.25) is 0 Å². The van der Waals surface area contributed by atoms with Crippen molar-refractivity contribution in [1.29, 1.82) is 0 Å². The van der Waals surface area contributed by atoms with Gasteiger partial charge >= 0.3 is 0 Å². The number of hydrogen-bond acceptors (Lipinski definition) is 4. The Morgan fingerprint density at radius 3 is 2.39 bits per heavy atom. The van der Waals surface area contributed by atoms with Crippen LogP contribution in [0.1, 0.15) is 28.3 Å². The van der Waals surface area contributed by atoms with Gasteiger partial charge in [-0.2, -0.15) is 0 Å². The number of methoxy groups -OCH3 is 2. The summed E-state index contributed by atoms with van der Waals surface area (Å²) < 4.78 is 17.0. The second-order valence-electron chi connectivity index (χ2n) is 6.89. The summed E-state index contributed by atoms with van der Waals surface area (Å²) in [4.78, 5) is 0. The molecule has 0 fully saturated rings. The molecule has 1 atom stereocenters. The topological polar surface area (TPSA) is 39.7 Å². The molecule has 3 aromatic carbocycles. The molecule has 0 saturated carbocycles. The van der Waals surface area contributed by atoms with Gasteiger partial charge in [-0.3, -0.25) is 0 Å². The first-order valence-corrected chi connectivity index (χ1v) is 9.53. The number of nitrogens with one attached hydrogen (secondary N) is 1. The van der Waals surface area contributed by atoms with Crippen molar-refractivity contribution in [3.63, 3.8) is 0 Å². The zero-order chi connectivity index (χ0) is 19.3. The molecule has 4 heteroatoms. The van der Waals surface area contributed by atoms with Crippen LogP contribution in [0.25, 0.3) is 0 Å². The highest BCUT2D eigenvalue weighted by Crippen LogP contribution is 2.38. The number of fused-ring (bicyclic) bond motifs is 1. The van der Waals surface area contributed by atoms with E-state index in [0.717, 1.165) is 35.8 Å². The van der Waals surface area contributed by atoms with Gasteiger partial charge in [0.1, 0.15) is 12.4 Å². The predicted octanol–water partition coefficient (Wildman–Crippen LogP) is 4.52. The zero-order valence-electron chi connectivity index (χ0n) is 16.3. The van der Waals surface area contributed by atoms with Crippen LogP contribution < -0.4 is 19.5 Å². The lowest BCUT2D eigenvalue weighted by Crippen LogP contribution is -2.30. The van der Waals surface area contributed by atoms with E-state index < -0.39 is 0 Å². The van der Waals surface area contributed by atoms with Crippen molar-refractivity contribution >= 4 is 0 Å². The first kappa shape index (κ1) is 18.4. The summed E-state index contributed by atoms with van der Waals surface area (Å²) >= 11 is 0. The Labute approximate surface area is 166 Å². The standard InChI is InChI=1S/C24H25NO3/c1-26-20-10-8-18(9-11-20)24-21-15-23(28-16-17-6-4-3-5-7-17)22(27-2)14-19(21)12-13-25-24/h3-11,14-15,24-25H,12-13,16H2,1-2H3. The van der Waals surface area contributed by atoms with E-state index in [1.165, 1.54) is 16.7 Å². The van der Waals surface area contributed by atoms with Crippen LogP contribution in [-0.4, -0.2) is 20.8 Å².